The van der Waals surface area contributed by atoms with Gasteiger partial charge >= 0.3 is 5.97 Å². The number of carbonyl (C=O) groups is 2. The van der Waals surface area contributed by atoms with Crippen molar-refractivity contribution in [3.8, 4) is 0 Å². The predicted octanol–water partition coefficient (Wildman–Crippen LogP) is 3.85. The summed E-state index contributed by atoms with van der Waals surface area (Å²) in [5, 5.41) is 19.4. The van der Waals surface area contributed by atoms with Crippen LogP contribution in [0.25, 0.3) is 10.1 Å². The molecule has 1 amide bonds. The minimum Gasteiger partial charge on any atom is -0.478 e. The van der Waals surface area contributed by atoms with Crippen molar-refractivity contribution in [3.05, 3.63) is 46.9 Å². The molecule has 2 aromatic rings. The summed E-state index contributed by atoms with van der Waals surface area (Å²) >= 11 is 1.71. The molecule has 0 bridgehead atoms. The Bertz CT molecular complexity index is 919. The summed E-state index contributed by atoms with van der Waals surface area (Å²) in [7, 11) is 0. The van der Waals surface area contributed by atoms with Gasteiger partial charge in [0.15, 0.2) is 0 Å². The first-order chi connectivity index (χ1) is 14.4. The van der Waals surface area contributed by atoms with Gasteiger partial charge in [-0.05, 0) is 59.9 Å². The zero-order chi connectivity index (χ0) is 21.7. The average molecular weight is 431 g/mol. The van der Waals surface area contributed by atoms with Gasteiger partial charge in [-0.3, -0.25) is 4.79 Å². The normalized spacial score (nSPS) is 21.6. The molecule has 1 aromatic heterocycles. The Morgan fingerprint density at radius 3 is 2.70 bits per heavy atom. The zero-order valence-electron chi connectivity index (χ0n) is 17.7. The van der Waals surface area contributed by atoms with Crippen LogP contribution in [0.2, 0.25) is 0 Å². The summed E-state index contributed by atoms with van der Waals surface area (Å²) < 4.78 is 7.46. The van der Waals surface area contributed by atoms with E-state index in [1.165, 1.54) is 17.0 Å². The number of hydrogen-bond acceptors (Lipinski definition) is 5. The molecule has 1 aliphatic carbocycles. The van der Waals surface area contributed by atoms with E-state index in [1.54, 1.807) is 17.4 Å². The molecule has 0 saturated carbocycles. The second-order valence-corrected chi connectivity index (χ2v) is 8.69. The quantitative estimate of drug-likeness (QED) is 0.562. The van der Waals surface area contributed by atoms with Crippen LogP contribution in [0.15, 0.2) is 41.3 Å². The van der Waals surface area contributed by atoms with E-state index in [-0.39, 0.29) is 24.1 Å². The van der Waals surface area contributed by atoms with Crippen LogP contribution in [0.5, 0.6) is 0 Å². The Kier molecular flexibility index (Phi) is 7.64. The lowest BCUT2D eigenvalue weighted by molar-refractivity contribution is -0.133. The number of hydrogen-bond donors (Lipinski definition) is 3. The molecule has 0 fully saturated rings. The number of carboxylic acid groups (broad SMARTS) is 1. The molecular formula is C23H30N2O4S. The molecule has 1 unspecified atom stereocenters. The van der Waals surface area contributed by atoms with E-state index < -0.39 is 12.1 Å². The van der Waals surface area contributed by atoms with Crippen LogP contribution in [0.1, 0.15) is 45.6 Å². The minimum atomic E-state index is -0.944. The van der Waals surface area contributed by atoms with Crippen LogP contribution >= 0.6 is 11.3 Å². The number of fused-ring (bicyclic) bond motifs is 1. The SMILES string of the molecule is CCC(CC)OC1C=C(C(=O)O)C[C@H](NCc2ccc3sccc3c2)[C@H]1NC(C)=O. The highest BCUT2D eigenvalue weighted by molar-refractivity contribution is 7.17. The first-order valence-corrected chi connectivity index (χ1v) is 11.3. The van der Waals surface area contributed by atoms with Gasteiger partial charge in [0.25, 0.3) is 0 Å². The fourth-order valence-corrected chi connectivity index (χ4v) is 4.71. The minimum absolute atomic E-state index is 0.0114. The molecule has 1 aliphatic rings. The molecule has 3 atom stereocenters. The summed E-state index contributed by atoms with van der Waals surface area (Å²) in [5.41, 5.74) is 1.43. The number of nitrogens with one attached hydrogen (secondary N) is 2. The van der Waals surface area contributed by atoms with E-state index in [9.17, 15) is 14.7 Å². The molecule has 3 rings (SSSR count). The number of benzene rings is 1. The Balaban J connectivity index is 1.82. The first-order valence-electron chi connectivity index (χ1n) is 10.5. The third kappa shape index (κ3) is 5.47. The zero-order valence-corrected chi connectivity index (χ0v) is 18.5. The topological polar surface area (TPSA) is 87.7 Å². The smallest absolute Gasteiger partial charge is 0.331 e. The largest absolute Gasteiger partial charge is 0.478 e. The van der Waals surface area contributed by atoms with Crippen molar-refractivity contribution >= 4 is 33.3 Å². The van der Waals surface area contributed by atoms with Crippen molar-refractivity contribution in [1.29, 1.82) is 0 Å². The van der Waals surface area contributed by atoms with E-state index in [0.29, 0.717) is 18.5 Å². The van der Waals surface area contributed by atoms with Crippen molar-refractivity contribution in [2.45, 2.75) is 70.9 Å². The summed E-state index contributed by atoms with van der Waals surface area (Å²) in [4.78, 5) is 23.7. The molecule has 30 heavy (non-hydrogen) atoms. The Hall–Kier alpha value is -2.22. The fraction of sp³-hybridized carbons (Fsp3) is 0.478. The van der Waals surface area contributed by atoms with Crippen LogP contribution in [0.3, 0.4) is 0 Å². The summed E-state index contributed by atoms with van der Waals surface area (Å²) in [6.45, 7) is 6.15. The number of amides is 1. The lowest BCUT2D eigenvalue weighted by Crippen LogP contribution is -2.58. The summed E-state index contributed by atoms with van der Waals surface area (Å²) in [5.74, 6) is -1.10. The van der Waals surface area contributed by atoms with Gasteiger partial charge in [-0.1, -0.05) is 19.9 Å². The van der Waals surface area contributed by atoms with Crippen molar-refractivity contribution in [3.63, 3.8) is 0 Å². The lowest BCUT2D eigenvalue weighted by Gasteiger charge is -2.38. The number of carboxylic acids is 1. The molecule has 7 heteroatoms. The van der Waals surface area contributed by atoms with E-state index >= 15 is 0 Å². The van der Waals surface area contributed by atoms with Crippen LogP contribution in [-0.4, -0.2) is 41.3 Å². The van der Waals surface area contributed by atoms with E-state index in [0.717, 1.165) is 18.4 Å². The van der Waals surface area contributed by atoms with E-state index in [1.807, 2.05) is 13.8 Å². The maximum Gasteiger partial charge on any atom is 0.331 e. The highest BCUT2D eigenvalue weighted by Crippen LogP contribution is 2.26. The van der Waals surface area contributed by atoms with Crippen LogP contribution < -0.4 is 10.6 Å². The molecule has 0 aliphatic heterocycles. The first kappa shape index (κ1) is 22.5. The van der Waals surface area contributed by atoms with Crippen LogP contribution in [-0.2, 0) is 20.9 Å². The molecule has 0 radical (unpaired) electrons. The second kappa shape index (κ2) is 10.2. The summed E-state index contributed by atoms with van der Waals surface area (Å²) in [6.07, 6.45) is 3.16. The van der Waals surface area contributed by atoms with Crippen molar-refractivity contribution in [2.75, 3.05) is 0 Å². The predicted molar refractivity (Wildman–Crippen MR) is 120 cm³/mol. The number of rotatable bonds is 9. The highest BCUT2D eigenvalue weighted by atomic mass is 32.1. The average Bonchev–Trinajstić information content (AvgIpc) is 3.19. The highest BCUT2D eigenvalue weighted by Gasteiger charge is 2.37. The van der Waals surface area contributed by atoms with E-state index in [4.69, 9.17) is 4.74 Å². The third-order valence-electron chi connectivity index (χ3n) is 5.58. The Labute approximate surface area is 181 Å². The number of ether oxygens (including phenoxy) is 1. The Morgan fingerprint density at radius 2 is 2.03 bits per heavy atom. The van der Waals surface area contributed by atoms with Crippen LogP contribution in [0, 0.1) is 0 Å². The monoisotopic (exact) mass is 430 g/mol. The number of thiophene rings is 1. The Morgan fingerprint density at radius 1 is 1.27 bits per heavy atom. The van der Waals surface area contributed by atoms with Gasteiger partial charge in [-0.25, -0.2) is 4.79 Å². The van der Waals surface area contributed by atoms with Gasteiger partial charge in [0.1, 0.15) is 0 Å². The number of aliphatic carboxylic acids is 1. The molecule has 1 aromatic carbocycles. The molecule has 0 spiro atoms. The van der Waals surface area contributed by atoms with Crippen molar-refractivity contribution < 1.29 is 19.4 Å². The maximum absolute atomic E-state index is 11.9. The molecule has 1 heterocycles. The van der Waals surface area contributed by atoms with Gasteiger partial charge in [0.05, 0.1) is 18.2 Å². The standard InChI is InChI=1S/C23H30N2O4S/c1-4-18(5-2)29-20-12-17(23(27)28)11-19(22(20)25-14(3)26)24-13-15-6-7-21-16(10-15)8-9-30-21/h6-10,12,18-20,22,24H,4-5,11,13H2,1-3H3,(H,25,26)(H,27,28)/t19-,20?,22+/m0/s1. The third-order valence-corrected chi connectivity index (χ3v) is 6.48. The fourth-order valence-electron chi connectivity index (χ4n) is 3.94. The van der Waals surface area contributed by atoms with Gasteiger partial charge in [-0.2, -0.15) is 0 Å². The van der Waals surface area contributed by atoms with Gasteiger partial charge in [-0.15, -0.1) is 11.3 Å². The van der Waals surface area contributed by atoms with Crippen LogP contribution in [0.4, 0.5) is 0 Å². The number of carbonyl (C=O) groups excluding carboxylic acids is 1. The maximum atomic E-state index is 11.9. The molecule has 0 saturated heterocycles. The molecule has 3 N–H and O–H groups in total. The van der Waals surface area contributed by atoms with Gasteiger partial charge in [0, 0.05) is 29.8 Å². The van der Waals surface area contributed by atoms with Gasteiger partial charge < -0.3 is 20.5 Å². The lowest BCUT2D eigenvalue weighted by atomic mass is 9.87. The summed E-state index contributed by atoms with van der Waals surface area (Å²) in [6, 6.07) is 7.83. The van der Waals surface area contributed by atoms with Gasteiger partial charge in [0.2, 0.25) is 5.91 Å². The van der Waals surface area contributed by atoms with Crippen molar-refractivity contribution in [2.24, 2.45) is 0 Å². The van der Waals surface area contributed by atoms with Crippen molar-refractivity contribution in [1.82, 2.24) is 10.6 Å². The van der Waals surface area contributed by atoms with E-state index in [2.05, 4.69) is 40.3 Å². The second-order valence-electron chi connectivity index (χ2n) is 7.75. The molecule has 162 valence electrons. The molecule has 6 nitrogen and oxygen atoms in total. The molecular weight excluding hydrogens is 400 g/mol.